The van der Waals surface area contributed by atoms with Gasteiger partial charge in [0, 0.05) is 18.1 Å². The molecule has 1 aromatic heterocycles. The van der Waals surface area contributed by atoms with E-state index in [0.717, 1.165) is 17.5 Å². The summed E-state index contributed by atoms with van der Waals surface area (Å²) in [4.78, 5) is 16.1. The molecule has 24 heavy (non-hydrogen) atoms. The largest absolute Gasteiger partial charge is 0.325 e. The summed E-state index contributed by atoms with van der Waals surface area (Å²) in [6, 6.07) is 11.2. The van der Waals surface area contributed by atoms with Gasteiger partial charge in [0.25, 0.3) is 0 Å². The Morgan fingerprint density at radius 3 is 2.33 bits per heavy atom. The van der Waals surface area contributed by atoms with E-state index in [1.165, 1.54) is 13.0 Å². The molecule has 0 aliphatic heterocycles. The second-order valence-electron chi connectivity index (χ2n) is 5.48. The third-order valence-electron chi connectivity index (χ3n) is 3.64. The van der Waals surface area contributed by atoms with Gasteiger partial charge in [0.1, 0.15) is 5.25 Å². The summed E-state index contributed by atoms with van der Waals surface area (Å²) in [6.07, 6.45) is 5.54. The van der Waals surface area contributed by atoms with E-state index in [4.69, 9.17) is 0 Å². The van der Waals surface area contributed by atoms with E-state index < -0.39 is 21.0 Å². The number of hydrogen-bond donors (Lipinski definition) is 1. The zero-order valence-corrected chi connectivity index (χ0v) is 14.3. The molecule has 2 rings (SSSR count). The van der Waals surface area contributed by atoms with Crippen molar-refractivity contribution < 1.29 is 13.2 Å². The molecule has 1 atom stereocenters. The molecule has 126 valence electrons. The molecule has 0 saturated carbocycles. The molecular weight excluding hydrogens is 324 g/mol. The highest BCUT2D eigenvalue weighted by Gasteiger charge is 2.26. The average molecular weight is 344 g/mol. The van der Waals surface area contributed by atoms with Crippen LogP contribution in [0.25, 0.3) is 0 Å². The van der Waals surface area contributed by atoms with Crippen LogP contribution in [0.5, 0.6) is 0 Å². The Morgan fingerprint density at radius 1 is 1.17 bits per heavy atom. The standard InChI is InChI=1S/C18H20N2O3S/c1-3-12-24(22,23)14(2)18(21)20-17-6-4-15(5-7-17)13-16-8-10-19-11-9-16/h3-11,14H,1,12-13H2,2H3,(H,20,21). The quantitative estimate of drug-likeness (QED) is 0.783. The van der Waals surface area contributed by atoms with Gasteiger partial charge in [-0.1, -0.05) is 18.2 Å². The first-order chi connectivity index (χ1) is 11.4. The maximum Gasteiger partial charge on any atom is 0.242 e. The van der Waals surface area contributed by atoms with Crippen molar-refractivity contribution in [1.82, 2.24) is 4.98 Å². The van der Waals surface area contributed by atoms with Crippen molar-refractivity contribution in [2.75, 3.05) is 11.1 Å². The van der Waals surface area contributed by atoms with Crippen LogP contribution in [0.2, 0.25) is 0 Å². The Morgan fingerprint density at radius 2 is 1.75 bits per heavy atom. The molecule has 2 aromatic rings. The minimum atomic E-state index is -3.51. The molecule has 0 radical (unpaired) electrons. The van der Waals surface area contributed by atoms with Crippen molar-refractivity contribution in [1.29, 1.82) is 0 Å². The number of nitrogens with one attached hydrogen (secondary N) is 1. The molecular formula is C18H20N2O3S. The number of anilines is 1. The first kappa shape index (κ1) is 17.9. The summed E-state index contributed by atoms with van der Waals surface area (Å²) in [6.45, 7) is 4.78. The second kappa shape index (κ2) is 7.88. The summed E-state index contributed by atoms with van der Waals surface area (Å²) in [7, 11) is -3.51. The number of amides is 1. The van der Waals surface area contributed by atoms with Crippen molar-refractivity contribution in [3.05, 3.63) is 72.6 Å². The molecule has 0 saturated heterocycles. The summed E-state index contributed by atoms with van der Waals surface area (Å²) in [5, 5.41) is 1.52. The van der Waals surface area contributed by atoms with Crippen LogP contribution in [0.1, 0.15) is 18.1 Å². The number of pyridine rings is 1. The molecule has 1 amide bonds. The maximum absolute atomic E-state index is 12.1. The van der Waals surface area contributed by atoms with Gasteiger partial charge in [0.15, 0.2) is 9.84 Å². The molecule has 1 unspecified atom stereocenters. The van der Waals surface area contributed by atoms with Gasteiger partial charge in [-0.25, -0.2) is 8.42 Å². The Hall–Kier alpha value is -2.47. The lowest BCUT2D eigenvalue weighted by atomic mass is 10.1. The van der Waals surface area contributed by atoms with E-state index in [0.29, 0.717) is 5.69 Å². The SMILES string of the molecule is C=CCS(=O)(=O)C(C)C(=O)Nc1ccc(Cc2ccncc2)cc1. The predicted octanol–water partition coefficient (Wildman–Crippen LogP) is 2.60. The lowest BCUT2D eigenvalue weighted by Gasteiger charge is -2.12. The summed E-state index contributed by atoms with van der Waals surface area (Å²) in [5.74, 6) is -0.759. The topological polar surface area (TPSA) is 76.1 Å². The molecule has 0 bridgehead atoms. The molecule has 6 heteroatoms. The number of carbonyl (C=O) groups is 1. The summed E-state index contributed by atoms with van der Waals surface area (Å²) in [5.41, 5.74) is 2.80. The monoisotopic (exact) mass is 344 g/mol. The van der Waals surface area contributed by atoms with Crippen LogP contribution in [0.15, 0.2) is 61.4 Å². The zero-order valence-electron chi connectivity index (χ0n) is 13.5. The van der Waals surface area contributed by atoms with Gasteiger partial charge in [-0.2, -0.15) is 0 Å². The smallest absolute Gasteiger partial charge is 0.242 e. The third kappa shape index (κ3) is 4.76. The number of sulfone groups is 1. The van der Waals surface area contributed by atoms with Crippen LogP contribution >= 0.6 is 0 Å². The molecule has 5 nitrogen and oxygen atoms in total. The van der Waals surface area contributed by atoms with Gasteiger partial charge in [-0.15, -0.1) is 6.58 Å². The minimum absolute atomic E-state index is 0.216. The number of hydrogen-bond acceptors (Lipinski definition) is 4. The lowest BCUT2D eigenvalue weighted by molar-refractivity contribution is -0.115. The van der Waals surface area contributed by atoms with Gasteiger partial charge in [-0.3, -0.25) is 9.78 Å². The molecule has 1 heterocycles. The Labute approximate surface area is 142 Å². The number of benzene rings is 1. The third-order valence-corrected chi connectivity index (χ3v) is 5.63. The highest BCUT2D eigenvalue weighted by Crippen LogP contribution is 2.14. The van der Waals surface area contributed by atoms with E-state index in [2.05, 4.69) is 16.9 Å². The fourth-order valence-electron chi connectivity index (χ4n) is 2.16. The highest BCUT2D eigenvalue weighted by atomic mass is 32.2. The summed E-state index contributed by atoms with van der Waals surface area (Å²) < 4.78 is 23.8. The van der Waals surface area contributed by atoms with Gasteiger partial charge in [-0.05, 0) is 48.7 Å². The van der Waals surface area contributed by atoms with Crippen LogP contribution in [-0.4, -0.2) is 30.3 Å². The zero-order chi connectivity index (χ0) is 17.6. The van der Waals surface area contributed by atoms with Gasteiger partial charge < -0.3 is 5.32 Å². The molecule has 1 N–H and O–H groups in total. The fourth-order valence-corrected chi connectivity index (χ4v) is 3.16. The second-order valence-corrected chi connectivity index (χ2v) is 7.85. The minimum Gasteiger partial charge on any atom is -0.325 e. The highest BCUT2D eigenvalue weighted by molar-refractivity contribution is 7.92. The molecule has 1 aromatic carbocycles. The van der Waals surface area contributed by atoms with Crippen LogP contribution < -0.4 is 5.32 Å². The van der Waals surface area contributed by atoms with E-state index in [-0.39, 0.29) is 5.75 Å². The summed E-state index contributed by atoms with van der Waals surface area (Å²) >= 11 is 0. The van der Waals surface area contributed by atoms with Crippen LogP contribution in [0.4, 0.5) is 5.69 Å². The number of aromatic nitrogens is 1. The fraction of sp³-hybridized carbons (Fsp3) is 0.222. The van der Waals surface area contributed by atoms with Crippen molar-refractivity contribution in [2.45, 2.75) is 18.6 Å². The Balaban J connectivity index is 2.01. The van der Waals surface area contributed by atoms with E-state index in [9.17, 15) is 13.2 Å². The van der Waals surface area contributed by atoms with Gasteiger partial charge >= 0.3 is 0 Å². The van der Waals surface area contributed by atoms with Crippen LogP contribution in [0.3, 0.4) is 0 Å². The van der Waals surface area contributed by atoms with Crippen molar-refractivity contribution in [3.8, 4) is 0 Å². The van der Waals surface area contributed by atoms with Gasteiger partial charge in [0.05, 0.1) is 5.75 Å². The van der Waals surface area contributed by atoms with Gasteiger partial charge in [0.2, 0.25) is 5.91 Å². The van der Waals surface area contributed by atoms with Crippen LogP contribution in [0, 0.1) is 0 Å². The number of nitrogens with zero attached hydrogens (tertiary/aromatic N) is 1. The predicted molar refractivity (Wildman–Crippen MR) is 95.6 cm³/mol. The van der Waals surface area contributed by atoms with E-state index in [1.807, 2.05) is 24.3 Å². The normalized spacial score (nSPS) is 12.4. The number of rotatable bonds is 7. The molecule has 0 fully saturated rings. The number of carbonyl (C=O) groups excluding carboxylic acids is 1. The molecule has 0 aliphatic rings. The van der Waals surface area contributed by atoms with E-state index in [1.54, 1.807) is 24.5 Å². The Kier molecular flexibility index (Phi) is 5.87. The lowest BCUT2D eigenvalue weighted by Crippen LogP contribution is -2.33. The first-order valence-corrected chi connectivity index (χ1v) is 9.25. The van der Waals surface area contributed by atoms with Crippen molar-refractivity contribution in [3.63, 3.8) is 0 Å². The van der Waals surface area contributed by atoms with E-state index >= 15 is 0 Å². The maximum atomic E-state index is 12.1. The van der Waals surface area contributed by atoms with Crippen molar-refractivity contribution >= 4 is 21.4 Å². The van der Waals surface area contributed by atoms with Crippen LogP contribution in [-0.2, 0) is 21.1 Å². The molecule has 0 aliphatic carbocycles. The molecule has 0 spiro atoms. The first-order valence-electron chi connectivity index (χ1n) is 7.53. The van der Waals surface area contributed by atoms with Crippen molar-refractivity contribution in [2.24, 2.45) is 0 Å². The Bertz CT molecular complexity index is 800. The average Bonchev–Trinajstić information content (AvgIpc) is 2.57.